The molecule has 0 bridgehead atoms. The SMILES string of the molecule is Cc1cccc(C(=O)N2C[C@@H]3CCCN[C@@H]3C2)c1O. The molecule has 0 aromatic heterocycles. The van der Waals surface area contributed by atoms with Gasteiger partial charge in [-0.2, -0.15) is 0 Å². The summed E-state index contributed by atoms with van der Waals surface area (Å²) < 4.78 is 0. The summed E-state index contributed by atoms with van der Waals surface area (Å²) in [4.78, 5) is 14.4. The normalized spacial score (nSPS) is 26.3. The van der Waals surface area contributed by atoms with Crippen LogP contribution < -0.4 is 5.32 Å². The van der Waals surface area contributed by atoms with Crippen molar-refractivity contribution in [3.05, 3.63) is 29.3 Å². The Morgan fingerprint density at radius 1 is 1.42 bits per heavy atom. The number of likely N-dealkylation sites (tertiary alicyclic amines) is 1. The van der Waals surface area contributed by atoms with Crippen LogP contribution in [0.3, 0.4) is 0 Å². The fourth-order valence-electron chi connectivity index (χ4n) is 3.21. The summed E-state index contributed by atoms with van der Waals surface area (Å²) >= 11 is 0. The van der Waals surface area contributed by atoms with Crippen molar-refractivity contribution >= 4 is 5.91 Å². The lowest BCUT2D eigenvalue weighted by molar-refractivity contribution is 0.0782. The zero-order valence-electron chi connectivity index (χ0n) is 11.2. The lowest BCUT2D eigenvalue weighted by Gasteiger charge is -2.24. The minimum absolute atomic E-state index is 0.0441. The molecule has 1 amide bonds. The molecule has 102 valence electrons. The van der Waals surface area contributed by atoms with Crippen LogP contribution in [-0.4, -0.2) is 41.6 Å². The molecule has 4 heteroatoms. The number of carbonyl (C=O) groups excluding carboxylic acids is 1. The van der Waals surface area contributed by atoms with Gasteiger partial charge in [0, 0.05) is 19.1 Å². The van der Waals surface area contributed by atoms with Crippen molar-refractivity contribution < 1.29 is 9.90 Å². The van der Waals surface area contributed by atoms with Crippen LogP contribution in [0, 0.1) is 12.8 Å². The number of phenols is 1. The topological polar surface area (TPSA) is 52.6 Å². The Kier molecular flexibility index (Phi) is 3.19. The number of carbonyl (C=O) groups is 1. The van der Waals surface area contributed by atoms with Gasteiger partial charge in [0.2, 0.25) is 0 Å². The summed E-state index contributed by atoms with van der Waals surface area (Å²) in [7, 11) is 0. The van der Waals surface area contributed by atoms with Crippen molar-refractivity contribution in [2.24, 2.45) is 5.92 Å². The molecule has 0 aliphatic carbocycles. The van der Waals surface area contributed by atoms with E-state index in [2.05, 4.69) is 5.32 Å². The Labute approximate surface area is 113 Å². The summed E-state index contributed by atoms with van der Waals surface area (Å²) in [6.07, 6.45) is 2.39. The Balaban J connectivity index is 1.79. The van der Waals surface area contributed by atoms with Crippen LogP contribution in [0.4, 0.5) is 0 Å². The number of aryl methyl sites for hydroxylation is 1. The maximum absolute atomic E-state index is 12.5. The number of piperidine rings is 1. The highest BCUT2D eigenvalue weighted by molar-refractivity contribution is 5.97. The molecule has 0 saturated carbocycles. The van der Waals surface area contributed by atoms with Crippen LogP contribution in [0.25, 0.3) is 0 Å². The third-order valence-corrected chi connectivity index (χ3v) is 4.35. The van der Waals surface area contributed by atoms with Gasteiger partial charge in [-0.3, -0.25) is 4.79 Å². The molecule has 1 aromatic carbocycles. The summed E-state index contributed by atoms with van der Waals surface area (Å²) in [5.74, 6) is 0.650. The molecule has 19 heavy (non-hydrogen) atoms. The number of fused-ring (bicyclic) bond motifs is 1. The first-order valence-electron chi connectivity index (χ1n) is 6.98. The zero-order valence-corrected chi connectivity index (χ0v) is 11.2. The predicted octanol–water partition coefficient (Wildman–Crippen LogP) is 1.52. The second-order valence-electron chi connectivity index (χ2n) is 5.64. The van der Waals surface area contributed by atoms with E-state index in [1.54, 1.807) is 6.07 Å². The largest absolute Gasteiger partial charge is 0.507 e. The van der Waals surface area contributed by atoms with Crippen LogP contribution in [0.5, 0.6) is 5.75 Å². The molecular weight excluding hydrogens is 240 g/mol. The predicted molar refractivity (Wildman–Crippen MR) is 73.3 cm³/mol. The van der Waals surface area contributed by atoms with E-state index in [0.29, 0.717) is 17.5 Å². The molecule has 3 rings (SSSR count). The molecule has 4 nitrogen and oxygen atoms in total. The van der Waals surface area contributed by atoms with E-state index >= 15 is 0 Å². The highest BCUT2D eigenvalue weighted by Gasteiger charge is 2.37. The smallest absolute Gasteiger partial charge is 0.257 e. The van der Waals surface area contributed by atoms with Crippen molar-refractivity contribution in [1.29, 1.82) is 0 Å². The van der Waals surface area contributed by atoms with E-state index in [0.717, 1.165) is 25.2 Å². The molecule has 2 heterocycles. The van der Waals surface area contributed by atoms with Crippen LogP contribution >= 0.6 is 0 Å². The van der Waals surface area contributed by atoms with E-state index in [-0.39, 0.29) is 11.7 Å². The van der Waals surface area contributed by atoms with E-state index in [9.17, 15) is 9.90 Å². The van der Waals surface area contributed by atoms with Gasteiger partial charge in [0.15, 0.2) is 0 Å². The second-order valence-corrected chi connectivity index (χ2v) is 5.64. The van der Waals surface area contributed by atoms with Gasteiger partial charge < -0.3 is 15.3 Å². The number of nitrogens with zero attached hydrogens (tertiary/aromatic N) is 1. The zero-order chi connectivity index (χ0) is 13.4. The van der Waals surface area contributed by atoms with Crippen molar-refractivity contribution in [2.75, 3.05) is 19.6 Å². The number of nitrogens with one attached hydrogen (secondary N) is 1. The molecule has 0 radical (unpaired) electrons. The Bertz CT molecular complexity index is 487. The maximum Gasteiger partial charge on any atom is 0.257 e. The van der Waals surface area contributed by atoms with E-state index < -0.39 is 0 Å². The third kappa shape index (κ3) is 2.21. The molecule has 2 atom stereocenters. The molecule has 2 aliphatic heterocycles. The van der Waals surface area contributed by atoms with Gasteiger partial charge in [0.05, 0.1) is 5.56 Å². The number of rotatable bonds is 1. The first-order chi connectivity index (χ1) is 9.16. The Hall–Kier alpha value is -1.55. The quantitative estimate of drug-likeness (QED) is 0.805. The lowest BCUT2D eigenvalue weighted by Crippen LogP contribution is -2.41. The van der Waals surface area contributed by atoms with Crippen molar-refractivity contribution in [2.45, 2.75) is 25.8 Å². The van der Waals surface area contributed by atoms with Crippen molar-refractivity contribution in [1.82, 2.24) is 10.2 Å². The molecule has 1 aromatic rings. The summed E-state index contributed by atoms with van der Waals surface area (Å²) in [6, 6.07) is 5.78. The highest BCUT2D eigenvalue weighted by atomic mass is 16.3. The average Bonchev–Trinajstić information content (AvgIpc) is 2.85. The van der Waals surface area contributed by atoms with Gasteiger partial charge in [-0.15, -0.1) is 0 Å². The molecule has 2 N–H and O–H groups in total. The number of benzene rings is 1. The molecule has 2 saturated heterocycles. The van der Waals surface area contributed by atoms with Crippen molar-refractivity contribution in [3.63, 3.8) is 0 Å². The molecule has 0 spiro atoms. The molecule has 2 aliphatic rings. The fraction of sp³-hybridized carbons (Fsp3) is 0.533. The van der Waals surface area contributed by atoms with Crippen LogP contribution in [0.2, 0.25) is 0 Å². The van der Waals surface area contributed by atoms with E-state index in [1.807, 2.05) is 24.0 Å². The minimum Gasteiger partial charge on any atom is -0.507 e. The summed E-state index contributed by atoms with van der Waals surface area (Å²) in [5, 5.41) is 13.5. The first-order valence-corrected chi connectivity index (χ1v) is 6.98. The monoisotopic (exact) mass is 260 g/mol. The minimum atomic E-state index is -0.0441. The number of amides is 1. The lowest BCUT2D eigenvalue weighted by atomic mass is 9.94. The summed E-state index contributed by atoms with van der Waals surface area (Å²) in [6.45, 7) is 4.44. The average molecular weight is 260 g/mol. The molecular formula is C15H20N2O2. The summed E-state index contributed by atoms with van der Waals surface area (Å²) in [5.41, 5.74) is 1.18. The number of aromatic hydroxyl groups is 1. The van der Waals surface area contributed by atoms with Crippen LogP contribution in [-0.2, 0) is 0 Å². The Morgan fingerprint density at radius 2 is 2.26 bits per heavy atom. The number of hydrogen-bond acceptors (Lipinski definition) is 3. The highest BCUT2D eigenvalue weighted by Crippen LogP contribution is 2.29. The van der Waals surface area contributed by atoms with Crippen molar-refractivity contribution in [3.8, 4) is 5.75 Å². The van der Waals surface area contributed by atoms with Crippen LogP contribution in [0.15, 0.2) is 18.2 Å². The van der Waals surface area contributed by atoms with Gasteiger partial charge in [0.1, 0.15) is 5.75 Å². The third-order valence-electron chi connectivity index (χ3n) is 4.35. The van der Waals surface area contributed by atoms with Gasteiger partial charge in [-0.05, 0) is 43.9 Å². The Morgan fingerprint density at radius 3 is 3.05 bits per heavy atom. The van der Waals surface area contributed by atoms with Gasteiger partial charge >= 0.3 is 0 Å². The molecule has 0 unspecified atom stereocenters. The van der Waals surface area contributed by atoms with Gasteiger partial charge in [-0.25, -0.2) is 0 Å². The van der Waals surface area contributed by atoms with Gasteiger partial charge in [-0.1, -0.05) is 12.1 Å². The number of para-hydroxylation sites is 1. The second kappa shape index (κ2) is 4.85. The first kappa shape index (κ1) is 12.5. The fourth-order valence-corrected chi connectivity index (χ4v) is 3.21. The maximum atomic E-state index is 12.5. The molecule has 2 fully saturated rings. The van der Waals surface area contributed by atoms with Gasteiger partial charge in [0.25, 0.3) is 5.91 Å². The van der Waals surface area contributed by atoms with E-state index in [1.165, 1.54) is 12.8 Å². The van der Waals surface area contributed by atoms with E-state index in [4.69, 9.17) is 0 Å². The number of hydrogen-bond donors (Lipinski definition) is 2. The number of phenolic OH excluding ortho intramolecular Hbond substituents is 1. The standard InChI is InChI=1S/C15H20N2O2/c1-10-4-2-6-12(14(10)18)15(19)17-8-11-5-3-7-16-13(11)9-17/h2,4,6,11,13,16,18H,3,5,7-9H2,1H3/t11-,13+/m0/s1. The van der Waals surface area contributed by atoms with Crippen LogP contribution in [0.1, 0.15) is 28.8 Å².